The Bertz CT molecular complexity index is 302. The predicted molar refractivity (Wildman–Crippen MR) is 64.8 cm³/mol. The Hall–Kier alpha value is -0.730. The molecule has 0 atom stereocenters. The highest BCUT2D eigenvalue weighted by Gasteiger charge is 2.00. The van der Waals surface area contributed by atoms with Crippen LogP contribution in [0.25, 0.3) is 0 Å². The molecule has 3 heteroatoms. The molecule has 84 valence electrons. The maximum absolute atomic E-state index is 5.58. The summed E-state index contributed by atoms with van der Waals surface area (Å²) in [5.41, 5.74) is 2.45. The molecule has 1 N–H and O–H groups in total. The van der Waals surface area contributed by atoms with E-state index < -0.39 is 0 Å². The molecule has 0 heterocycles. The van der Waals surface area contributed by atoms with Gasteiger partial charge in [-0.3, -0.25) is 0 Å². The number of hydrogen-bond acceptors (Lipinski definition) is 2. The predicted octanol–water partition coefficient (Wildman–Crippen LogP) is 2.72. The van der Waals surface area contributed by atoms with E-state index in [2.05, 4.69) is 24.4 Å². The summed E-state index contributed by atoms with van der Waals surface area (Å²) in [6, 6.07) is 6.25. The Morgan fingerprint density at radius 1 is 1.40 bits per heavy atom. The number of nitrogens with one attached hydrogen (secondary N) is 1. The second-order valence-electron chi connectivity index (χ2n) is 3.40. The van der Waals surface area contributed by atoms with Crippen LogP contribution in [0.15, 0.2) is 18.2 Å². The van der Waals surface area contributed by atoms with Gasteiger partial charge in [0.1, 0.15) is 5.75 Å². The highest BCUT2D eigenvalue weighted by molar-refractivity contribution is 6.18. The first kappa shape index (κ1) is 12.3. The number of aryl methyl sites for hydroxylation is 1. The third-order valence-electron chi connectivity index (χ3n) is 2.14. The Balaban J connectivity index is 2.56. The van der Waals surface area contributed by atoms with Crippen LogP contribution in [-0.4, -0.2) is 19.0 Å². The Morgan fingerprint density at radius 3 is 2.80 bits per heavy atom. The molecule has 15 heavy (non-hydrogen) atoms. The summed E-state index contributed by atoms with van der Waals surface area (Å²) in [5.74, 6) is 1.62. The quantitative estimate of drug-likeness (QED) is 0.596. The van der Waals surface area contributed by atoms with Crippen LogP contribution in [-0.2, 0) is 6.54 Å². The number of hydrogen-bond donors (Lipinski definition) is 1. The van der Waals surface area contributed by atoms with Gasteiger partial charge in [-0.2, -0.15) is 0 Å². The first-order valence-electron chi connectivity index (χ1n) is 5.27. The monoisotopic (exact) mass is 227 g/mol. The number of ether oxygens (including phenoxy) is 1. The van der Waals surface area contributed by atoms with Crippen LogP contribution in [0, 0.1) is 6.92 Å². The molecule has 0 spiro atoms. The zero-order valence-electron chi connectivity index (χ0n) is 9.35. The van der Waals surface area contributed by atoms with Crippen molar-refractivity contribution in [2.24, 2.45) is 0 Å². The van der Waals surface area contributed by atoms with Crippen molar-refractivity contribution >= 4 is 11.6 Å². The van der Waals surface area contributed by atoms with Gasteiger partial charge in [0.25, 0.3) is 0 Å². The van der Waals surface area contributed by atoms with E-state index >= 15 is 0 Å². The van der Waals surface area contributed by atoms with Crippen molar-refractivity contribution in [3.05, 3.63) is 29.3 Å². The molecule has 0 saturated carbocycles. The number of alkyl halides is 1. The summed E-state index contributed by atoms with van der Waals surface area (Å²) in [7, 11) is 0. The fraction of sp³-hybridized carbons (Fsp3) is 0.500. The Morgan fingerprint density at radius 2 is 2.20 bits per heavy atom. The van der Waals surface area contributed by atoms with Gasteiger partial charge in [-0.15, -0.1) is 11.6 Å². The van der Waals surface area contributed by atoms with Crippen LogP contribution in [0.3, 0.4) is 0 Å². The molecule has 0 aromatic heterocycles. The number of benzene rings is 1. The van der Waals surface area contributed by atoms with Crippen LogP contribution in [0.5, 0.6) is 5.75 Å². The minimum atomic E-state index is 0.649. The molecule has 0 unspecified atom stereocenters. The zero-order chi connectivity index (χ0) is 11.1. The fourth-order valence-electron chi connectivity index (χ4n) is 1.44. The van der Waals surface area contributed by atoms with Crippen LogP contribution >= 0.6 is 11.6 Å². The summed E-state index contributed by atoms with van der Waals surface area (Å²) in [5, 5.41) is 3.26. The number of rotatable bonds is 6. The molecule has 0 aliphatic rings. The highest BCUT2D eigenvalue weighted by atomic mass is 35.5. The van der Waals surface area contributed by atoms with Gasteiger partial charge in [0, 0.05) is 19.0 Å². The molecule has 2 nitrogen and oxygen atoms in total. The van der Waals surface area contributed by atoms with Crippen LogP contribution in [0.2, 0.25) is 0 Å². The van der Waals surface area contributed by atoms with Gasteiger partial charge in [-0.1, -0.05) is 12.1 Å². The molecule has 0 bridgehead atoms. The summed E-state index contributed by atoms with van der Waals surface area (Å²) >= 11 is 5.58. The van der Waals surface area contributed by atoms with Crippen molar-refractivity contribution < 1.29 is 4.74 Å². The van der Waals surface area contributed by atoms with Gasteiger partial charge in [0.2, 0.25) is 0 Å². The SMILES string of the molecule is CCOc1ccc(CNCCCl)cc1C. The maximum Gasteiger partial charge on any atom is 0.122 e. The molecular formula is C12H18ClNO. The van der Waals surface area contributed by atoms with Crippen molar-refractivity contribution in [1.82, 2.24) is 5.32 Å². The zero-order valence-corrected chi connectivity index (χ0v) is 10.1. The molecule has 1 aromatic carbocycles. The largest absolute Gasteiger partial charge is 0.494 e. The molecule has 0 aliphatic heterocycles. The van der Waals surface area contributed by atoms with E-state index in [9.17, 15) is 0 Å². The molecule has 0 fully saturated rings. The summed E-state index contributed by atoms with van der Waals surface area (Å²) in [6.45, 7) is 6.48. The van der Waals surface area contributed by atoms with Gasteiger partial charge in [0.15, 0.2) is 0 Å². The van der Waals surface area contributed by atoms with Gasteiger partial charge in [0.05, 0.1) is 6.61 Å². The maximum atomic E-state index is 5.58. The Labute approximate surface area is 96.6 Å². The lowest BCUT2D eigenvalue weighted by Gasteiger charge is -2.09. The second kappa shape index (κ2) is 6.70. The van der Waals surface area contributed by atoms with E-state index in [-0.39, 0.29) is 0 Å². The standard InChI is InChI=1S/C12H18ClNO/c1-3-15-12-5-4-11(8-10(12)2)9-14-7-6-13/h4-5,8,14H,3,6-7,9H2,1-2H3. The molecule has 0 amide bonds. The van der Waals surface area contributed by atoms with Crippen molar-refractivity contribution in [3.8, 4) is 5.75 Å². The molecular weight excluding hydrogens is 210 g/mol. The second-order valence-corrected chi connectivity index (χ2v) is 3.78. The van der Waals surface area contributed by atoms with Crippen molar-refractivity contribution in [3.63, 3.8) is 0 Å². The third kappa shape index (κ3) is 4.10. The van der Waals surface area contributed by atoms with Crippen molar-refractivity contribution in [1.29, 1.82) is 0 Å². The minimum absolute atomic E-state index is 0.649. The summed E-state index contributed by atoms with van der Waals surface area (Å²) in [4.78, 5) is 0. The van der Waals surface area contributed by atoms with E-state index in [0.29, 0.717) is 12.5 Å². The molecule has 1 rings (SSSR count). The van der Waals surface area contributed by atoms with Gasteiger partial charge >= 0.3 is 0 Å². The van der Waals surface area contributed by atoms with E-state index in [1.165, 1.54) is 11.1 Å². The van der Waals surface area contributed by atoms with E-state index in [1.54, 1.807) is 0 Å². The van der Waals surface area contributed by atoms with E-state index in [4.69, 9.17) is 16.3 Å². The van der Waals surface area contributed by atoms with E-state index in [1.807, 2.05) is 13.0 Å². The molecule has 0 saturated heterocycles. The normalized spacial score (nSPS) is 10.3. The highest BCUT2D eigenvalue weighted by Crippen LogP contribution is 2.18. The first-order valence-corrected chi connectivity index (χ1v) is 5.80. The average molecular weight is 228 g/mol. The lowest BCUT2D eigenvalue weighted by molar-refractivity contribution is 0.338. The van der Waals surface area contributed by atoms with Gasteiger partial charge < -0.3 is 10.1 Å². The van der Waals surface area contributed by atoms with Crippen LogP contribution < -0.4 is 10.1 Å². The summed E-state index contributed by atoms with van der Waals surface area (Å²) in [6.07, 6.45) is 0. The van der Waals surface area contributed by atoms with Crippen LogP contribution in [0.1, 0.15) is 18.1 Å². The van der Waals surface area contributed by atoms with Crippen LogP contribution in [0.4, 0.5) is 0 Å². The van der Waals surface area contributed by atoms with Crippen molar-refractivity contribution in [2.75, 3.05) is 19.0 Å². The lowest BCUT2D eigenvalue weighted by atomic mass is 10.1. The molecule has 0 radical (unpaired) electrons. The summed E-state index contributed by atoms with van der Waals surface area (Å²) < 4.78 is 5.48. The van der Waals surface area contributed by atoms with Crippen molar-refractivity contribution in [2.45, 2.75) is 20.4 Å². The van der Waals surface area contributed by atoms with Gasteiger partial charge in [-0.05, 0) is 31.0 Å². The molecule has 0 aliphatic carbocycles. The van der Waals surface area contributed by atoms with Gasteiger partial charge in [-0.25, -0.2) is 0 Å². The van der Waals surface area contributed by atoms with E-state index in [0.717, 1.165) is 18.8 Å². The lowest BCUT2D eigenvalue weighted by Crippen LogP contribution is -2.15. The minimum Gasteiger partial charge on any atom is -0.494 e. The first-order chi connectivity index (χ1) is 7.27. The third-order valence-corrected chi connectivity index (χ3v) is 2.33. The average Bonchev–Trinajstić information content (AvgIpc) is 2.23. The molecule has 1 aromatic rings. The Kier molecular flexibility index (Phi) is 5.51. The topological polar surface area (TPSA) is 21.3 Å². The fourth-order valence-corrected chi connectivity index (χ4v) is 1.57. The number of halogens is 1. The smallest absolute Gasteiger partial charge is 0.122 e.